The molecule has 0 spiro atoms. The summed E-state index contributed by atoms with van der Waals surface area (Å²) >= 11 is 0. The molecule has 2 atom stereocenters. The van der Waals surface area contributed by atoms with Crippen LogP contribution in [0.1, 0.15) is 12.0 Å². The molecule has 0 aromatic heterocycles. The molecule has 1 fully saturated rings. The highest BCUT2D eigenvalue weighted by molar-refractivity contribution is 5.55. The van der Waals surface area contributed by atoms with Gasteiger partial charge in [0.25, 0.3) is 0 Å². The zero-order chi connectivity index (χ0) is 16.1. The summed E-state index contributed by atoms with van der Waals surface area (Å²) in [5.74, 6) is 2.71. The summed E-state index contributed by atoms with van der Waals surface area (Å²) in [7, 11) is 9.21. The van der Waals surface area contributed by atoms with Crippen LogP contribution in [-0.4, -0.2) is 59.5 Å². The van der Waals surface area contributed by atoms with Crippen LogP contribution in [0.15, 0.2) is 12.1 Å². The molecular formula is C17H28N2O3. The normalized spacial score (nSPS) is 22.4. The maximum Gasteiger partial charge on any atom is 0.203 e. The second kappa shape index (κ2) is 7.70. The zero-order valence-corrected chi connectivity index (χ0v) is 14.3. The van der Waals surface area contributed by atoms with E-state index in [4.69, 9.17) is 14.2 Å². The first-order chi connectivity index (χ1) is 10.6. The van der Waals surface area contributed by atoms with Crippen molar-refractivity contribution >= 4 is 0 Å². The molecule has 22 heavy (non-hydrogen) atoms. The van der Waals surface area contributed by atoms with Gasteiger partial charge >= 0.3 is 0 Å². The van der Waals surface area contributed by atoms with Crippen LogP contribution in [0.5, 0.6) is 17.2 Å². The lowest BCUT2D eigenvalue weighted by Gasteiger charge is -2.37. The van der Waals surface area contributed by atoms with Crippen molar-refractivity contribution in [2.24, 2.45) is 5.92 Å². The van der Waals surface area contributed by atoms with Gasteiger partial charge in [-0.3, -0.25) is 0 Å². The average molecular weight is 308 g/mol. The van der Waals surface area contributed by atoms with Gasteiger partial charge in [-0.15, -0.1) is 0 Å². The molecule has 2 rings (SSSR count). The fourth-order valence-electron chi connectivity index (χ4n) is 3.41. The Hall–Kier alpha value is -1.46. The van der Waals surface area contributed by atoms with E-state index >= 15 is 0 Å². The summed E-state index contributed by atoms with van der Waals surface area (Å²) in [6.07, 6.45) is 2.13. The number of hydrogen-bond acceptors (Lipinski definition) is 5. The molecule has 1 N–H and O–H groups in total. The summed E-state index contributed by atoms with van der Waals surface area (Å²) in [5.41, 5.74) is 1.17. The Morgan fingerprint density at radius 3 is 2.45 bits per heavy atom. The molecule has 5 heteroatoms. The third kappa shape index (κ3) is 3.47. The lowest BCUT2D eigenvalue weighted by Crippen LogP contribution is -2.47. The van der Waals surface area contributed by atoms with Crippen molar-refractivity contribution in [2.45, 2.75) is 18.9 Å². The van der Waals surface area contributed by atoms with E-state index in [-0.39, 0.29) is 0 Å². The van der Waals surface area contributed by atoms with Gasteiger partial charge < -0.3 is 24.4 Å². The van der Waals surface area contributed by atoms with E-state index in [0.29, 0.717) is 23.5 Å². The standard InChI is InChI=1S/C17H28N2O3/c1-18-14-8-9-19(2)11-13(14)10-12-6-7-15(20-3)17(22-5)16(12)21-4/h6-7,13-14,18H,8-11H2,1-5H3. The molecule has 0 amide bonds. The predicted octanol–water partition coefficient (Wildman–Crippen LogP) is 1.79. The van der Waals surface area contributed by atoms with Crippen molar-refractivity contribution in [1.82, 2.24) is 10.2 Å². The Morgan fingerprint density at radius 1 is 1.14 bits per heavy atom. The number of nitrogens with zero attached hydrogens (tertiary/aromatic N) is 1. The van der Waals surface area contributed by atoms with Crippen LogP contribution in [0.25, 0.3) is 0 Å². The Kier molecular flexibility index (Phi) is 5.91. The van der Waals surface area contributed by atoms with Crippen LogP contribution in [0.3, 0.4) is 0 Å². The number of piperidine rings is 1. The molecule has 0 bridgehead atoms. The molecule has 1 aromatic carbocycles. The third-order valence-corrected chi connectivity index (χ3v) is 4.58. The molecule has 5 nitrogen and oxygen atoms in total. The fourth-order valence-corrected chi connectivity index (χ4v) is 3.41. The first-order valence-electron chi connectivity index (χ1n) is 7.78. The Morgan fingerprint density at radius 2 is 1.86 bits per heavy atom. The topological polar surface area (TPSA) is 43.0 Å². The van der Waals surface area contributed by atoms with Gasteiger partial charge in [-0.2, -0.15) is 0 Å². The van der Waals surface area contributed by atoms with Gasteiger partial charge in [-0.1, -0.05) is 6.07 Å². The zero-order valence-electron chi connectivity index (χ0n) is 14.3. The van der Waals surface area contributed by atoms with E-state index in [2.05, 4.69) is 30.4 Å². The minimum Gasteiger partial charge on any atom is -0.493 e. The number of benzene rings is 1. The third-order valence-electron chi connectivity index (χ3n) is 4.58. The summed E-state index contributed by atoms with van der Waals surface area (Å²) in [5, 5.41) is 3.46. The lowest BCUT2D eigenvalue weighted by molar-refractivity contribution is 0.167. The highest BCUT2D eigenvalue weighted by Crippen LogP contribution is 2.41. The lowest BCUT2D eigenvalue weighted by atomic mass is 9.86. The first kappa shape index (κ1) is 16.9. The Bertz CT molecular complexity index is 493. The first-order valence-corrected chi connectivity index (χ1v) is 7.78. The molecular weight excluding hydrogens is 280 g/mol. The van der Waals surface area contributed by atoms with Gasteiger partial charge in [0, 0.05) is 12.6 Å². The number of rotatable bonds is 6. The van der Waals surface area contributed by atoms with Crippen molar-refractivity contribution in [3.8, 4) is 17.2 Å². The minimum atomic E-state index is 0.536. The summed E-state index contributed by atoms with van der Waals surface area (Å²) < 4.78 is 16.5. The number of hydrogen-bond donors (Lipinski definition) is 1. The predicted molar refractivity (Wildman–Crippen MR) is 88.3 cm³/mol. The molecule has 0 saturated carbocycles. The molecule has 0 aliphatic carbocycles. The second-order valence-electron chi connectivity index (χ2n) is 5.90. The van der Waals surface area contributed by atoms with E-state index in [1.165, 1.54) is 12.0 Å². The van der Waals surface area contributed by atoms with Crippen molar-refractivity contribution in [3.05, 3.63) is 17.7 Å². The van der Waals surface area contributed by atoms with E-state index < -0.39 is 0 Å². The minimum absolute atomic E-state index is 0.536. The van der Waals surface area contributed by atoms with Crippen LogP contribution in [0.2, 0.25) is 0 Å². The van der Waals surface area contributed by atoms with Crippen molar-refractivity contribution in [1.29, 1.82) is 0 Å². The van der Waals surface area contributed by atoms with Gasteiger partial charge in [-0.25, -0.2) is 0 Å². The second-order valence-corrected chi connectivity index (χ2v) is 5.90. The van der Waals surface area contributed by atoms with Crippen molar-refractivity contribution in [3.63, 3.8) is 0 Å². The SMILES string of the molecule is CNC1CCN(C)CC1Cc1ccc(OC)c(OC)c1OC. The molecule has 0 radical (unpaired) electrons. The van der Waals surface area contributed by atoms with Gasteiger partial charge in [0.15, 0.2) is 11.5 Å². The van der Waals surface area contributed by atoms with Crippen LogP contribution in [-0.2, 0) is 6.42 Å². The maximum absolute atomic E-state index is 5.61. The average Bonchev–Trinajstić information content (AvgIpc) is 2.54. The molecule has 1 aromatic rings. The molecule has 124 valence electrons. The molecule has 2 unspecified atom stereocenters. The van der Waals surface area contributed by atoms with E-state index in [9.17, 15) is 0 Å². The van der Waals surface area contributed by atoms with E-state index in [1.54, 1.807) is 21.3 Å². The van der Waals surface area contributed by atoms with E-state index in [1.807, 2.05) is 6.07 Å². The number of likely N-dealkylation sites (tertiary alicyclic amines) is 1. The van der Waals surface area contributed by atoms with Gasteiger partial charge in [-0.05, 0) is 51.0 Å². The highest BCUT2D eigenvalue weighted by Gasteiger charge is 2.28. The summed E-state index contributed by atoms with van der Waals surface area (Å²) in [6, 6.07) is 4.58. The number of methoxy groups -OCH3 is 3. The van der Waals surface area contributed by atoms with Crippen molar-refractivity contribution in [2.75, 3.05) is 48.5 Å². The highest BCUT2D eigenvalue weighted by atomic mass is 16.5. The number of nitrogens with one attached hydrogen (secondary N) is 1. The molecule has 1 saturated heterocycles. The maximum atomic E-state index is 5.61. The van der Waals surface area contributed by atoms with Crippen LogP contribution < -0.4 is 19.5 Å². The fraction of sp³-hybridized carbons (Fsp3) is 0.647. The van der Waals surface area contributed by atoms with Gasteiger partial charge in [0.05, 0.1) is 21.3 Å². The largest absolute Gasteiger partial charge is 0.493 e. The van der Waals surface area contributed by atoms with Crippen molar-refractivity contribution < 1.29 is 14.2 Å². The number of ether oxygens (including phenoxy) is 3. The Balaban J connectivity index is 2.28. The van der Waals surface area contributed by atoms with Crippen LogP contribution in [0, 0.1) is 5.92 Å². The van der Waals surface area contributed by atoms with Crippen LogP contribution in [0.4, 0.5) is 0 Å². The van der Waals surface area contributed by atoms with Crippen LogP contribution >= 0.6 is 0 Å². The van der Waals surface area contributed by atoms with Gasteiger partial charge in [0.1, 0.15) is 0 Å². The quantitative estimate of drug-likeness (QED) is 0.868. The summed E-state index contributed by atoms with van der Waals surface area (Å²) in [4.78, 5) is 2.39. The smallest absolute Gasteiger partial charge is 0.203 e. The molecule has 1 aliphatic rings. The van der Waals surface area contributed by atoms with Gasteiger partial charge in [0.2, 0.25) is 5.75 Å². The Labute approximate surface area is 133 Å². The molecule has 1 heterocycles. The van der Waals surface area contributed by atoms with E-state index in [0.717, 1.165) is 25.3 Å². The monoisotopic (exact) mass is 308 g/mol. The molecule has 1 aliphatic heterocycles. The summed E-state index contributed by atoms with van der Waals surface area (Å²) in [6.45, 7) is 2.23.